The maximum atomic E-state index is 13.2. The highest BCUT2D eigenvalue weighted by Crippen LogP contribution is 2.11. The molecule has 0 amide bonds. The second-order valence-electron chi connectivity index (χ2n) is 2.98. The van der Waals surface area contributed by atoms with E-state index in [1.54, 1.807) is 19.1 Å². The third kappa shape index (κ3) is 1.22. The fourth-order valence-electron chi connectivity index (χ4n) is 1.40. The van der Waals surface area contributed by atoms with Gasteiger partial charge in [0.25, 0.3) is 0 Å². The Balaban J connectivity index is 3.03. The smallest absolute Gasteiger partial charge is 0.192 e. The molecular weight excluding hydrogens is 169 g/mol. The Bertz CT molecular complexity index is 516. The molecule has 0 unspecified atom stereocenters. The number of H-pyrrole nitrogens is 1. The van der Waals surface area contributed by atoms with Crippen LogP contribution in [0.4, 0.5) is 4.39 Å². The van der Waals surface area contributed by atoms with Gasteiger partial charge in [-0.2, -0.15) is 0 Å². The molecule has 66 valence electrons. The van der Waals surface area contributed by atoms with Crippen LogP contribution in [0.5, 0.6) is 0 Å². The summed E-state index contributed by atoms with van der Waals surface area (Å²) in [5.74, 6) is -0.473. The standard InChI is InChI=1S/C10H8FNO/c1-6-5-9(13)10-7(11)3-2-4-8(10)12-6/h2-5H,1H3,(H,12,13). The van der Waals surface area contributed by atoms with Crippen LogP contribution in [0.2, 0.25) is 0 Å². The Hall–Kier alpha value is -1.64. The molecule has 1 aromatic heterocycles. The van der Waals surface area contributed by atoms with Crippen molar-refractivity contribution in [3.63, 3.8) is 0 Å². The van der Waals surface area contributed by atoms with E-state index >= 15 is 0 Å². The summed E-state index contributed by atoms with van der Waals surface area (Å²) in [6.07, 6.45) is 0. The third-order valence-corrected chi connectivity index (χ3v) is 1.94. The predicted molar refractivity (Wildman–Crippen MR) is 49.3 cm³/mol. The van der Waals surface area contributed by atoms with E-state index in [9.17, 15) is 9.18 Å². The first kappa shape index (κ1) is 7.98. The minimum atomic E-state index is -0.473. The SMILES string of the molecule is Cc1cc(=O)c2c(F)cccc2[nH]1. The zero-order valence-corrected chi connectivity index (χ0v) is 7.10. The lowest BCUT2D eigenvalue weighted by molar-refractivity contribution is 0.639. The number of aromatic nitrogens is 1. The highest BCUT2D eigenvalue weighted by molar-refractivity contribution is 5.78. The molecule has 0 aliphatic rings. The summed E-state index contributed by atoms with van der Waals surface area (Å²) >= 11 is 0. The highest BCUT2D eigenvalue weighted by atomic mass is 19.1. The van der Waals surface area contributed by atoms with E-state index in [4.69, 9.17) is 0 Å². The van der Waals surface area contributed by atoms with Crippen LogP contribution in [-0.4, -0.2) is 4.98 Å². The van der Waals surface area contributed by atoms with E-state index in [1.807, 2.05) is 0 Å². The number of fused-ring (bicyclic) bond motifs is 1. The van der Waals surface area contributed by atoms with Gasteiger partial charge in [0.2, 0.25) is 0 Å². The number of rotatable bonds is 0. The van der Waals surface area contributed by atoms with Gasteiger partial charge in [-0.25, -0.2) is 4.39 Å². The lowest BCUT2D eigenvalue weighted by atomic mass is 10.2. The number of nitrogens with one attached hydrogen (secondary N) is 1. The Kier molecular flexibility index (Phi) is 1.65. The van der Waals surface area contributed by atoms with Crippen LogP contribution in [0.3, 0.4) is 0 Å². The van der Waals surface area contributed by atoms with E-state index in [0.717, 1.165) is 5.69 Å². The van der Waals surface area contributed by atoms with E-state index < -0.39 is 5.82 Å². The Morgan fingerprint density at radius 2 is 2.15 bits per heavy atom. The van der Waals surface area contributed by atoms with Crippen LogP contribution in [-0.2, 0) is 0 Å². The maximum absolute atomic E-state index is 13.2. The van der Waals surface area contributed by atoms with Crippen molar-refractivity contribution in [1.82, 2.24) is 4.98 Å². The Morgan fingerprint density at radius 3 is 2.92 bits per heavy atom. The zero-order valence-electron chi connectivity index (χ0n) is 7.10. The summed E-state index contributed by atoms with van der Waals surface area (Å²) in [7, 11) is 0. The molecule has 0 aliphatic heterocycles. The van der Waals surface area contributed by atoms with Gasteiger partial charge >= 0.3 is 0 Å². The van der Waals surface area contributed by atoms with Gasteiger partial charge in [0.1, 0.15) is 5.82 Å². The van der Waals surface area contributed by atoms with Gasteiger partial charge in [0.15, 0.2) is 5.43 Å². The molecule has 0 saturated heterocycles. The van der Waals surface area contributed by atoms with Crippen LogP contribution < -0.4 is 5.43 Å². The van der Waals surface area contributed by atoms with Crippen molar-refractivity contribution in [3.8, 4) is 0 Å². The summed E-state index contributed by atoms with van der Waals surface area (Å²) in [5, 5.41) is 0.133. The first-order chi connectivity index (χ1) is 6.18. The van der Waals surface area contributed by atoms with Crippen molar-refractivity contribution in [2.45, 2.75) is 6.92 Å². The van der Waals surface area contributed by atoms with Crippen molar-refractivity contribution in [3.05, 3.63) is 46.0 Å². The van der Waals surface area contributed by atoms with Crippen LogP contribution in [0.25, 0.3) is 10.9 Å². The van der Waals surface area contributed by atoms with Crippen molar-refractivity contribution in [2.24, 2.45) is 0 Å². The molecule has 0 saturated carbocycles. The molecule has 0 bridgehead atoms. The van der Waals surface area contributed by atoms with Gasteiger partial charge in [-0.1, -0.05) is 6.07 Å². The minimum Gasteiger partial charge on any atom is -0.358 e. The molecule has 0 radical (unpaired) electrons. The lowest BCUT2D eigenvalue weighted by Gasteiger charge is -1.99. The molecule has 2 nitrogen and oxygen atoms in total. The van der Waals surface area contributed by atoms with E-state index in [0.29, 0.717) is 5.52 Å². The topological polar surface area (TPSA) is 32.9 Å². The molecule has 0 aliphatic carbocycles. The van der Waals surface area contributed by atoms with Gasteiger partial charge in [-0.15, -0.1) is 0 Å². The second kappa shape index (κ2) is 2.69. The molecule has 2 rings (SSSR count). The fraction of sp³-hybridized carbons (Fsp3) is 0.100. The van der Waals surface area contributed by atoms with Crippen molar-refractivity contribution in [2.75, 3.05) is 0 Å². The molecule has 3 heteroatoms. The summed E-state index contributed by atoms with van der Waals surface area (Å²) in [6.45, 7) is 1.77. The number of hydrogen-bond acceptors (Lipinski definition) is 1. The molecule has 1 heterocycles. The maximum Gasteiger partial charge on any atom is 0.192 e. The first-order valence-electron chi connectivity index (χ1n) is 3.96. The molecule has 0 spiro atoms. The van der Waals surface area contributed by atoms with Crippen LogP contribution in [0.15, 0.2) is 29.1 Å². The van der Waals surface area contributed by atoms with Crippen LogP contribution in [0, 0.1) is 12.7 Å². The average Bonchev–Trinajstić information content (AvgIpc) is 2.02. The van der Waals surface area contributed by atoms with Gasteiger partial charge in [0.05, 0.1) is 10.9 Å². The minimum absolute atomic E-state index is 0.133. The van der Waals surface area contributed by atoms with Gasteiger partial charge in [0, 0.05) is 11.8 Å². The van der Waals surface area contributed by atoms with Crippen molar-refractivity contribution in [1.29, 1.82) is 0 Å². The summed E-state index contributed by atoms with van der Waals surface area (Å²) in [4.78, 5) is 14.3. The number of pyridine rings is 1. The monoisotopic (exact) mass is 177 g/mol. The van der Waals surface area contributed by atoms with Gasteiger partial charge in [-0.3, -0.25) is 4.79 Å². The van der Waals surface area contributed by atoms with Gasteiger partial charge in [-0.05, 0) is 19.1 Å². The molecule has 0 atom stereocenters. The number of hydrogen-bond donors (Lipinski definition) is 1. The van der Waals surface area contributed by atoms with Gasteiger partial charge < -0.3 is 4.98 Å². The van der Waals surface area contributed by atoms with Crippen LogP contribution >= 0.6 is 0 Å². The highest BCUT2D eigenvalue weighted by Gasteiger charge is 2.04. The second-order valence-corrected chi connectivity index (χ2v) is 2.98. The molecule has 0 fully saturated rings. The average molecular weight is 177 g/mol. The molecular formula is C10H8FNO. The molecule has 2 aromatic rings. The predicted octanol–water partition coefficient (Wildman–Crippen LogP) is 1.98. The Morgan fingerprint density at radius 1 is 1.38 bits per heavy atom. The zero-order chi connectivity index (χ0) is 9.42. The quantitative estimate of drug-likeness (QED) is 0.655. The molecule has 1 N–H and O–H groups in total. The molecule has 13 heavy (non-hydrogen) atoms. The number of benzene rings is 1. The lowest BCUT2D eigenvalue weighted by Crippen LogP contribution is -2.04. The largest absolute Gasteiger partial charge is 0.358 e. The van der Waals surface area contributed by atoms with Crippen molar-refractivity contribution >= 4 is 10.9 Å². The van der Waals surface area contributed by atoms with E-state index in [-0.39, 0.29) is 10.8 Å². The fourth-order valence-corrected chi connectivity index (χ4v) is 1.40. The summed E-state index contributed by atoms with van der Waals surface area (Å²) in [5.41, 5.74) is 1.01. The van der Waals surface area contributed by atoms with E-state index in [2.05, 4.69) is 4.98 Å². The number of halogens is 1. The Labute approximate surface area is 74.0 Å². The van der Waals surface area contributed by atoms with Crippen LogP contribution in [0.1, 0.15) is 5.69 Å². The number of aromatic amines is 1. The summed E-state index contributed by atoms with van der Waals surface area (Å²) < 4.78 is 13.2. The first-order valence-corrected chi connectivity index (χ1v) is 3.96. The summed E-state index contributed by atoms with van der Waals surface area (Å²) in [6, 6.07) is 5.94. The number of aryl methyl sites for hydroxylation is 1. The molecule has 1 aromatic carbocycles. The van der Waals surface area contributed by atoms with E-state index in [1.165, 1.54) is 12.1 Å². The van der Waals surface area contributed by atoms with Crippen molar-refractivity contribution < 1.29 is 4.39 Å². The normalized spacial score (nSPS) is 10.6. The third-order valence-electron chi connectivity index (χ3n) is 1.94.